The third kappa shape index (κ3) is 3.09. The monoisotopic (exact) mass is 250 g/mol. The minimum absolute atomic E-state index is 0. The quantitative estimate of drug-likeness (QED) is 0.709. The van der Waals surface area contributed by atoms with Gasteiger partial charge in [-0.25, -0.2) is 4.79 Å². The van der Waals surface area contributed by atoms with Crippen molar-refractivity contribution in [3.63, 3.8) is 0 Å². The molecule has 0 radical (unpaired) electrons. The summed E-state index contributed by atoms with van der Waals surface area (Å²) in [5.74, 6) is -0.670. The summed E-state index contributed by atoms with van der Waals surface area (Å²) in [6.07, 6.45) is 3.12. The summed E-state index contributed by atoms with van der Waals surface area (Å²) in [6.45, 7) is 1.59. The molecular weight excluding hydrogens is 232 g/mol. The summed E-state index contributed by atoms with van der Waals surface area (Å²) in [7, 11) is 1.33. The van der Waals surface area contributed by atoms with Crippen LogP contribution in [0.4, 0.5) is 0 Å². The predicted octanol–water partition coefficient (Wildman–Crippen LogP) is 0.357. The molecule has 0 saturated heterocycles. The van der Waals surface area contributed by atoms with E-state index >= 15 is 0 Å². The van der Waals surface area contributed by atoms with Gasteiger partial charge in [0.2, 0.25) is 5.91 Å². The lowest BCUT2D eigenvalue weighted by Gasteiger charge is -2.27. The van der Waals surface area contributed by atoms with Gasteiger partial charge >= 0.3 is 5.97 Å². The number of hydrogen-bond acceptors (Lipinski definition) is 4. The molecule has 1 unspecified atom stereocenters. The number of methoxy groups -OCH3 is 1. The fraction of sp³-hybridized carbons (Fsp3) is 0.800. The number of esters is 1. The Kier molecular flexibility index (Phi) is 5.75. The predicted molar refractivity (Wildman–Crippen MR) is 62.3 cm³/mol. The van der Waals surface area contributed by atoms with Gasteiger partial charge in [-0.05, 0) is 19.8 Å². The number of nitrogens with two attached hydrogens (primary N) is 1. The Balaban J connectivity index is 0.00000225. The Labute approximate surface area is 101 Å². The molecule has 1 fully saturated rings. The minimum Gasteiger partial charge on any atom is -0.467 e. The largest absolute Gasteiger partial charge is 0.467 e. The Morgan fingerprint density at radius 1 is 1.38 bits per heavy atom. The summed E-state index contributed by atoms with van der Waals surface area (Å²) in [5.41, 5.74) is 4.62. The second kappa shape index (κ2) is 6.06. The summed E-state index contributed by atoms with van der Waals surface area (Å²) >= 11 is 0. The van der Waals surface area contributed by atoms with Crippen molar-refractivity contribution in [2.45, 2.75) is 44.2 Å². The van der Waals surface area contributed by atoms with Crippen LogP contribution in [0.15, 0.2) is 0 Å². The highest BCUT2D eigenvalue weighted by molar-refractivity contribution is 5.90. The molecule has 1 aliphatic rings. The van der Waals surface area contributed by atoms with Crippen molar-refractivity contribution < 1.29 is 14.3 Å². The Bertz CT molecular complexity index is 263. The van der Waals surface area contributed by atoms with Crippen LogP contribution >= 0.6 is 12.4 Å². The molecule has 1 atom stereocenters. The van der Waals surface area contributed by atoms with Gasteiger partial charge in [0.1, 0.15) is 5.54 Å². The van der Waals surface area contributed by atoms with Crippen LogP contribution in [-0.2, 0) is 14.3 Å². The first-order valence-electron chi connectivity index (χ1n) is 5.18. The summed E-state index contributed by atoms with van der Waals surface area (Å²) in [5, 5.41) is 2.70. The Morgan fingerprint density at radius 3 is 2.25 bits per heavy atom. The van der Waals surface area contributed by atoms with E-state index in [9.17, 15) is 9.59 Å². The molecule has 1 saturated carbocycles. The third-order valence-corrected chi connectivity index (χ3v) is 2.81. The van der Waals surface area contributed by atoms with Crippen LogP contribution in [-0.4, -0.2) is 30.6 Å². The normalized spacial score (nSPS) is 19.4. The van der Waals surface area contributed by atoms with Gasteiger partial charge in [-0.1, -0.05) is 12.8 Å². The van der Waals surface area contributed by atoms with Crippen LogP contribution in [0.25, 0.3) is 0 Å². The molecule has 3 N–H and O–H groups in total. The summed E-state index contributed by atoms with van der Waals surface area (Å²) in [4.78, 5) is 23.1. The number of carbonyl (C=O) groups excluding carboxylic acids is 2. The first-order valence-corrected chi connectivity index (χ1v) is 5.18. The van der Waals surface area contributed by atoms with E-state index in [4.69, 9.17) is 10.5 Å². The molecule has 0 aromatic rings. The van der Waals surface area contributed by atoms with Crippen LogP contribution in [0.1, 0.15) is 32.6 Å². The van der Waals surface area contributed by atoms with Gasteiger partial charge in [0.05, 0.1) is 13.2 Å². The molecule has 0 spiro atoms. The fourth-order valence-electron chi connectivity index (χ4n) is 1.90. The smallest absolute Gasteiger partial charge is 0.331 e. The van der Waals surface area contributed by atoms with Gasteiger partial charge in [-0.2, -0.15) is 0 Å². The van der Waals surface area contributed by atoms with Crippen molar-refractivity contribution in [1.82, 2.24) is 5.32 Å². The van der Waals surface area contributed by atoms with E-state index in [2.05, 4.69) is 5.32 Å². The van der Waals surface area contributed by atoms with E-state index in [0.717, 1.165) is 12.8 Å². The molecule has 0 aromatic heterocycles. The Morgan fingerprint density at radius 2 is 1.88 bits per heavy atom. The molecule has 0 bridgehead atoms. The number of rotatable bonds is 3. The van der Waals surface area contributed by atoms with Gasteiger partial charge in [-0.3, -0.25) is 4.79 Å². The van der Waals surface area contributed by atoms with Crippen LogP contribution in [0, 0.1) is 0 Å². The first-order chi connectivity index (χ1) is 7.02. The average molecular weight is 251 g/mol. The number of hydrogen-bond donors (Lipinski definition) is 2. The van der Waals surface area contributed by atoms with Gasteiger partial charge in [0, 0.05) is 0 Å². The minimum atomic E-state index is -0.834. The summed E-state index contributed by atoms with van der Waals surface area (Å²) in [6, 6.07) is -0.605. The van der Waals surface area contributed by atoms with Crippen LogP contribution in [0.5, 0.6) is 0 Å². The molecule has 5 nitrogen and oxygen atoms in total. The van der Waals surface area contributed by atoms with Crippen molar-refractivity contribution in [2.24, 2.45) is 5.73 Å². The van der Waals surface area contributed by atoms with Gasteiger partial charge in [0.25, 0.3) is 0 Å². The first kappa shape index (κ1) is 15.2. The van der Waals surface area contributed by atoms with Crippen molar-refractivity contribution >= 4 is 24.3 Å². The van der Waals surface area contributed by atoms with E-state index in [1.54, 1.807) is 6.92 Å². The number of halogens is 1. The number of ether oxygens (including phenoxy) is 1. The third-order valence-electron chi connectivity index (χ3n) is 2.81. The lowest BCUT2D eigenvalue weighted by atomic mass is 9.97. The lowest BCUT2D eigenvalue weighted by molar-refractivity contribution is -0.150. The van der Waals surface area contributed by atoms with Crippen molar-refractivity contribution in [2.75, 3.05) is 7.11 Å². The maximum atomic E-state index is 11.6. The van der Waals surface area contributed by atoms with E-state index < -0.39 is 11.6 Å². The molecule has 0 aromatic carbocycles. The van der Waals surface area contributed by atoms with E-state index in [0.29, 0.717) is 12.8 Å². The number of amides is 1. The number of carbonyl (C=O) groups is 2. The van der Waals surface area contributed by atoms with Crippen molar-refractivity contribution in [3.8, 4) is 0 Å². The molecular formula is C10H19ClN2O3. The van der Waals surface area contributed by atoms with Crippen LogP contribution in [0.2, 0.25) is 0 Å². The Hall–Kier alpha value is -0.810. The van der Waals surface area contributed by atoms with E-state index in [1.165, 1.54) is 7.11 Å². The van der Waals surface area contributed by atoms with Crippen LogP contribution in [0.3, 0.4) is 0 Å². The van der Waals surface area contributed by atoms with Crippen molar-refractivity contribution in [1.29, 1.82) is 0 Å². The zero-order valence-corrected chi connectivity index (χ0v) is 10.4. The summed E-state index contributed by atoms with van der Waals surface area (Å²) < 4.78 is 4.72. The van der Waals surface area contributed by atoms with Crippen molar-refractivity contribution in [3.05, 3.63) is 0 Å². The molecule has 16 heavy (non-hydrogen) atoms. The SMILES string of the molecule is COC(=O)C1(NC(=O)C(C)N)CCCC1.Cl. The second-order valence-corrected chi connectivity index (χ2v) is 4.06. The average Bonchev–Trinajstić information content (AvgIpc) is 2.66. The second-order valence-electron chi connectivity index (χ2n) is 4.06. The maximum absolute atomic E-state index is 11.6. The van der Waals surface area contributed by atoms with E-state index in [1.807, 2.05) is 0 Å². The van der Waals surface area contributed by atoms with E-state index in [-0.39, 0.29) is 24.3 Å². The topological polar surface area (TPSA) is 81.4 Å². The van der Waals surface area contributed by atoms with Gasteiger partial charge in [-0.15, -0.1) is 12.4 Å². The molecule has 0 heterocycles. The highest BCUT2D eigenvalue weighted by Crippen LogP contribution is 2.30. The molecule has 94 valence electrons. The molecule has 0 aliphatic heterocycles. The lowest BCUT2D eigenvalue weighted by Crippen LogP contribution is -2.56. The zero-order valence-electron chi connectivity index (χ0n) is 9.62. The van der Waals surface area contributed by atoms with Gasteiger partial charge in [0.15, 0.2) is 0 Å². The maximum Gasteiger partial charge on any atom is 0.331 e. The molecule has 1 amide bonds. The fourth-order valence-corrected chi connectivity index (χ4v) is 1.90. The van der Waals surface area contributed by atoms with Crippen LogP contribution < -0.4 is 11.1 Å². The highest BCUT2D eigenvalue weighted by Gasteiger charge is 2.43. The standard InChI is InChI=1S/C10H18N2O3.ClH/c1-7(11)8(13)12-10(9(14)15-2)5-3-4-6-10;/h7H,3-6,11H2,1-2H3,(H,12,13);1H. The number of nitrogens with one attached hydrogen (secondary N) is 1. The molecule has 1 rings (SSSR count). The molecule has 1 aliphatic carbocycles. The van der Waals surface area contributed by atoms with Gasteiger partial charge < -0.3 is 15.8 Å². The zero-order chi connectivity index (χ0) is 11.5. The molecule has 6 heteroatoms. The highest BCUT2D eigenvalue weighted by atomic mass is 35.5.